The maximum absolute atomic E-state index is 10.6. The SMILES string of the molecule is C=C(NC(=O)C(C)=O)SC. The van der Waals surface area contributed by atoms with E-state index < -0.39 is 11.7 Å². The summed E-state index contributed by atoms with van der Waals surface area (Å²) < 4.78 is 0. The van der Waals surface area contributed by atoms with Crippen molar-refractivity contribution >= 4 is 23.5 Å². The van der Waals surface area contributed by atoms with Crippen molar-refractivity contribution < 1.29 is 9.59 Å². The summed E-state index contributed by atoms with van der Waals surface area (Å²) in [5.41, 5.74) is 0. The lowest BCUT2D eigenvalue weighted by molar-refractivity contribution is -0.136. The van der Waals surface area contributed by atoms with Crippen molar-refractivity contribution in [1.82, 2.24) is 5.32 Å². The number of Topliss-reactive ketones (excluding diaryl/α,β-unsaturated/α-hetero) is 1. The monoisotopic (exact) mass is 159 g/mol. The van der Waals surface area contributed by atoms with Crippen LogP contribution < -0.4 is 5.32 Å². The molecule has 0 aliphatic heterocycles. The molecule has 0 aromatic carbocycles. The molecule has 0 atom stereocenters. The first-order valence-electron chi connectivity index (χ1n) is 2.62. The summed E-state index contributed by atoms with van der Waals surface area (Å²) in [5.74, 6) is -1.12. The molecule has 1 amide bonds. The Kier molecular flexibility index (Phi) is 3.79. The maximum atomic E-state index is 10.6. The molecule has 0 aliphatic rings. The third-order valence-corrected chi connectivity index (χ3v) is 1.41. The van der Waals surface area contributed by atoms with Gasteiger partial charge >= 0.3 is 0 Å². The van der Waals surface area contributed by atoms with Gasteiger partial charge in [0.05, 0.1) is 5.03 Å². The van der Waals surface area contributed by atoms with Gasteiger partial charge in [-0.3, -0.25) is 9.59 Å². The summed E-state index contributed by atoms with van der Waals surface area (Å²) in [6.07, 6.45) is 1.77. The molecule has 4 heteroatoms. The third-order valence-electron chi connectivity index (χ3n) is 0.819. The second-order valence-corrected chi connectivity index (χ2v) is 2.54. The normalized spacial score (nSPS) is 8.60. The van der Waals surface area contributed by atoms with E-state index >= 15 is 0 Å². The fourth-order valence-electron chi connectivity index (χ4n) is 0.266. The molecule has 10 heavy (non-hydrogen) atoms. The zero-order chi connectivity index (χ0) is 8.15. The molecule has 0 bridgehead atoms. The molecular formula is C6H9NO2S. The lowest BCUT2D eigenvalue weighted by Crippen LogP contribution is -2.26. The Balaban J connectivity index is 3.80. The van der Waals surface area contributed by atoms with E-state index in [1.807, 2.05) is 0 Å². The summed E-state index contributed by atoms with van der Waals surface area (Å²) in [7, 11) is 0. The van der Waals surface area contributed by atoms with Crippen molar-refractivity contribution in [3.05, 3.63) is 11.6 Å². The highest BCUT2D eigenvalue weighted by molar-refractivity contribution is 8.02. The standard InChI is InChI=1S/C6H9NO2S/c1-4(8)6(9)7-5(2)10-3/h2H2,1,3H3,(H,7,9). The number of nitrogens with one attached hydrogen (secondary N) is 1. The van der Waals surface area contributed by atoms with Crippen LogP contribution in [0.4, 0.5) is 0 Å². The van der Waals surface area contributed by atoms with Crippen molar-refractivity contribution in [3.8, 4) is 0 Å². The average Bonchev–Trinajstić information content (AvgIpc) is 1.87. The molecule has 0 fully saturated rings. The van der Waals surface area contributed by atoms with Crippen molar-refractivity contribution in [1.29, 1.82) is 0 Å². The zero-order valence-corrected chi connectivity index (χ0v) is 6.75. The van der Waals surface area contributed by atoms with Gasteiger partial charge in [-0.2, -0.15) is 0 Å². The van der Waals surface area contributed by atoms with Crippen LogP contribution in [0.1, 0.15) is 6.92 Å². The fraction of sp³-hybridized carbons (Fsp3) is 0.333. The fourth-order valence-corrected chi connectivity index (χ4v) is 0.460. The van der Waals surface area contributed by atoms with E-state index in [2.05, 4.69) is 11.9 Å². The van der Waals surface area contributed by atoms with Crippen LogP contribution in [0.3, 0.4) is 0 Å². The number of hydrogen-bond donors (Lipinski definition) is 1. The zero-order valence-electron chi connectivity index (χ0n) is 5.93. The van der Waals surface area contributed by atoms with Gasteiger partial charge in [-0.1, -0.05) is 6.58 Å². The minimum atomic E-state index is -0.612. The second-order valence-electron chi connectivity index (χ2n) is 1.64. The van der Waals surface area contributed by atoms with Crippen LogP contribution >= 0.6 is 11.8 Å². The minimum absolute atomic E-state index is 0.486. The van der Waals surface area contributed by atoms with Crippen LogP contribution in [0.2, 0.25) is 0 Å². The average molecular weight is 159 g/mol. The molecule has 3 nitrogen and oxygen atoms in total. The topological polar surface area (TPSA) is 46.2 Å². The van der Waals surface area contributed by atoms with Crippen LogP contribution in [0.25, 0.3) is 0 Å². The van der Waals surface area contributed by atoms with Gasteiger partial charge in [0.1, 0.15) is 0 Å². The van der Waals surface area contributed by atoms with E-state index in [9.17, 15) is 9.59 Å². The Hall–Kier alpha value is -0.770. The largest absolute Gasteiger partial charge is 0.315 e. The molecule has 56 valence electrons. The Morgan fingerprint density at radius 3 is 2.30 bits per heavy atom. The number of carbonyl (C=O) groups is 2. The van der Waals surface area contributed by atoms with Crippen LogP contribution in [0.5, 0.6) is 0 Å². The number of carbonyl (C=O) groups excluding carboxylic acids is 2. The van der Waals surface area contributed by atoms with Crippen molar-refractivity contribution in [2.75, 3.05) is 6.26 Å². The first-order chi connectivity index (χ1) is 4.57. The van der Waals surface area contributed by atoms with E-state index in [1.54, 1.807) is 6.26 Å². The van der Waals surface area contributed by atoms with E-state index in [1.165, 1.54) is 18.7 Å². The molecular weight excluding hydrogens is 150 g/mol. The molecule has 0 spiro atoms. The lowest BCUT2D eigenvalue weighted by atomic mass is 10.4. The summed E-state index contributed by atoms with van der Waals surface area (Å²) in [5, 5.41) is 2.80. The van der Waals surface area contributed by atoms with E-state index in [0.717, 1.165) is 0 Å². The smallest absolute Gasteiger partial charge is 0.291 e. The predicted molar refractivity (Wildman–Crippen MR) is 41.5 cm³/mol. The second kappa shape index (κ2) is 4.11. The van der Waals surface area contributed by atoms with Crippen molar-refractivity contribution in [2.24, 2.45) is 0 Å². The summed E-state index contributed by atoms with van der Waals surface area (Å²) in [6, 6.07) is 0. The van der Waals surface area contributed by atoms with Gasteiger partial charge in [0.15, 0.2) is 0 Å². The van der Waals surface area contributed by atoms with E-state index in [4.69, 9.17) is 0 Å². The first-order valence-corrected chi connectivity index (χ1v) is 3.85. The molecule has 0 rings (SSSR count). The van der Waals surface area contributed by atoms with E-state index in [0.29, 0.717) is 5.03 Å². The van der Waals surface area contributed by atoms with Crippen molar-refractivity contribution in [3.63, 3.8) is 0 Å². The number of hydrogen-bond acceptors (Lipinski definition) is 3. The summed E-state index contributed by atoms with van der Waals surface area (Å²) in [6.45, 7) is 4.69. The molecule has 0 unspecified atom stereocenters. The molecule has 1 N–H and O–H groups in total. The minimum Gasteiger partial charge on any atom is -0.315 e. The van der Waals surface area contributed by atoms with Crippen LogP contribution in [0.15, 0.2) is 11.6 Å². The Labute approximate surface area is 63.9 Å². The molecule has 0 heterocycles. The maximum Gasteiger partial charge on any atom is 0.291 e. The van der Waals surface area contributed by atoms with Crippen molar-refractivity contribution in [2.45, 2.75) is 6.92 Å². The van der Waals surface area contributed by atoms with Gasteiger partial charge in [0, 0.05) is 6.92 Å². The number of rotatable bonds is 3. The molecule has 0 radical (unpaired) electrons. The number of thioether (sulfide) groups is 1. The highest BCUT2D eigenvalue weighted by Gasteiger charge is 2.06. The molecule has 0 aliphatic carbocycles. The van der Waals surface area contributed by atoms with Crippen LogP contribution in [-0.4, -0.2) is 17.9 Å². The van der Waals surface area contributed by atoms with Gasteiger partial charge in [0.25, 0.3) is 5.91 Å². The van der Waals surface area contributed by atoms with Crippen LogP contribution in [-0.2, 0) is 9.59 Å². The Morgan fingerprint density at radius 1 is 1.50 bits per heavy atom. The quantitative estimate of drug-likeness (QED) is 0.611. The lowest BCUT2D eigenvalue weighted by Gasteiger charge is -2.00. The number of amides is 1. The predicted octanol–water partition coefficient (Wildman–Crippen LogP) is 0.526. The first kappa shape index (κ1) is 9.23. The number of ketones is 1. The van der Waals surface area contributed by atoms with Gasteiger partial charge in [-0.25, -0.2) is 0 Å². The molecule has 0 aromatic rings. The summed E-state index contributed by atoms with van der Waals surface area (Å²) >= 11 is 1.29. The van der Waals surface area contributed by atoms with Gasteiger partial charge in [-0.05, 0) is 6.26 Å². The van der Waals surface area contributed by atoms with E-state index in [-0.39, 0.29) is 0 Å². The van der Waals surface area contributed by atoms with Gasteiger partial charge < -0.3 is 5.32 Å². The Morgan fingerprint density at radius 2 is 2.00 bits per heavy atom. The third kappa shape index (κ3) is 3.29. The Bertz CT molecular complexity index is 177. The highest BCUT2D eigenvalue weighted by atomic mass is 32.2. The molecule has 0 saturated heterocycles. The molecule has 0 aromatic heterocycles. The highest BCUT2D eigenvalue weighted by Crippen LogP contribution is 2.02. The summed E-state index contributed by atoms with van der Waals surface area (Å²) in [4.78, 5) is 20.9. The van der Waals surface area contributed by atoms with Gasteiger partial charge in [0.2, 0.25) is 5.78 Å². The van der Waals surface area contributed by atoms with Crippen LogP contribution in [0, 0.1) is 0 Å². The van der Waals surface area contributed by atoms with Gasteiger partial charge in [-0.15, -0.1) is 11.8 Å². The molecule has 0 saturated carbocycles.